The van der Waals surface area contributed by atoms with E-state index < -0.39 is 11.8 Å². The molecule has 2 aliphatic rings. The van der Waals surface area contributed by atoms with E-state index in [4.69, 9.17) is 14.6 Å². The number of carbonyl (C=O) groups is 1. The fraction of sp³-hybridized carbons (Fsp3) is 0.381. The van der Waals surface area contributed by atoms with Crippen LogP contribution in [0.3, 0.4) is 0 Å². The lowest BCUT2D eigenvalue weighted by molar-refractivity contribution is -0.137. The standard InChI is InChI=1S/C21H22O4S/c22-19(23)11-10-18(26)15-8-6-14(7-9-15)16-4-3-5-17-20(16)25-21(24-17)12-1-2-13-21/h3-9,18,26H,1-2,10-13H2,(H,22,23). The zero-order chi connectivity index (χ0) is 18.1. The van der Waals surface area contributed by atoms with E-state index in [1.165, 1.54) is 0 Å². The number of hydrogen-bond acceptors (Lipinski definition) is 4. The molecule has 1 aliphatic carbocycles. The number of thiol groups is 1. The summed E-state index contributed by atoms with van der Waals surface area (Å²) in [5.41, 5.74) is 3.11. The fourth-order valence-electron chi connectivity index (χ4n) is 3.77. The molecular weight excluding hydrogens is 348 g/mol. The molecule has 4 nitrogen and oxygen atoms in total. The van der Waals surface area contributed by atoms with Crippen LogP contribution in [0.25, 0.3) is 11.1 Å². The SMILES string of the molecule is O=C(O)CCC(S)c1ccc(-c2cccc3c2OC2(CCCC2)O3)cc1. The topological polar surface area (TPSA) is 55.8 Å². The molecule has 2 aromatic carbocycles. The van der Waals surface area contributed by atoms with E-state index >= 15 is 0 Å². The van der Waals surface area contributed by atoms with E-state index in [0.29, 0.717) is 6.42 Å². The first-order valence-corrected chi connectivity index (χ1v) is 9.59. The highest BCUT2D eigenvalue weighted by Crippen LogP contribution is 2.50. The monoisotopic (exact) mass is 370 g/mol. The highest BCUT2D eigenvalue weighted by atomic mass is 32.1. The number of rotatable bonds is 5. The highest BCUT2D eigenvalue weighted by Gasteiger charge is 2.44. The smallest absolute Gasteiger partial charge is 0.303 e. The number of aliphatic carboxylic acids is 1. The van der Waals surface area contributed by atoms with Crippen LogP contribution in [0.1, 0.15) is 49.3 Å². The van der Waals surface area contributed by atoms with Crippen molar-refractivity contribution >= 4 is 18.6 Å². The number of hydrogen-bond donors (Lipinski definition) is 2. The van der Waals surface area contributed by atoms with Crippen LogP contribution < -0.4 is 9.47 Å². The Labute approximate surface area is 158 Å². The van der Waals surface area contributed by atoms with Crippen molar-refractivity contribution in [2.24, 2.45) is 0 Å². The van der Waals surface area contributed by atoms with Gasteiger partial charge in [0.25, 0.3) is 5.79 Å². The molecule has 0 aromatic heterocycles. The molecule has 1 heterocycles. The maximum atomic E-state index is 10.7. The fourth-order valence-corrected chi connectivity index (χ4v) is 4.07. The molecule has 136 valence electrons. The van der Waals surface area contributed by atoms with Crippen LogP contribution in [-0.2, 0) is 4.79 Å². The average molecular weight is 370 g/mol. The maximum Gasteiger partial charge on any atom is 0.303 e. The Morgan fingerprint density at radius 1 is 1.12 bits per heavy atom. The first-order chi connectivity index (χ1) is 12.6. The van der Waals surface area contributed by atoms with Crippen molar-refractivity contribution in [2.45, 2.75) is 49.6 Å². The Morgan fingerprint density at radius 3 is 2.54 bits per heavy atom. The summed E-state index contributed by atoms with van der Waals surface area (Å²) in [5, 5.41) is 8.74. The molecule has 0 bridgehead atoms. The number of ether oxygens (including phenoxy) is 2. The van der Waals surface area contributed by atoms with Gasteiger partial charge in [-0.3, -0.25) is 4.79 Å². The van der Waals surface area contributed by atoms with Crippen molar-refractivity contribution in [3.8, 4) is 22.6 Å². The highest BCUT2D eigenvalue weighted by molar-refractivity contribution is 7.80. The lowest BCUT2D eigenvalue weighted by atomic mass is 10.0. The third-order valence-electron chi connectivity index (χ3n) is 5.17. The molecule has 1 N–H and O–H groups in total. The summed E-state index contributed by atoms with van der Waals surface area (Å²) in [4.78, 5) is 10.7. The largest absolute Gasteiger partial charge is 0.481 e. The molecule has 0 radical (unpaired) electrons. The number of para-hydroxylation sites is 1. The van der Waals surface area contributed by atoms with Crippen LogP contribution in [0, 0.1) is 0 Å². The van der Waals surface area contributed by atoms with E-state index in [1.54, 1.807) is 0 Å². The summed E-state index contributed by atoms with van der Waals surface area (Å²) in [6.07, 6.45) is 4.78. The molecule has 1 aliphatic heterocycles. The van der Waals surface area contributed by atoms with Gasteiger partial charge < -0.3 is 14.6 Å². The zero-order valence-electron chi connectivity index (χ0n) is 14.5. The number of carboxylic acids is 1. The Kier molecular flexibility index (Phi) is 4.57. The summed E-state index contributed by atoms with van der Waals surface area (Å²) in [7, 11) is 0. The van der Waals surface area contributed by atoms with Gasteiger partial charge in [0.15, 0.2) is 11.5 Å². The summed E-state index contributed by atoms with van der Waals surface area (Å²) in [5.74, 6) is 0.391. The van der Waals surface area contributed by atoms with Crippen molar-refractivity contribution in [2.75, 3.05) is 0 Å². The molecule has 2 aromatic rings. The Balaban J connectivity index is 1.56. The molecule has 1 fully saturated rings. The molecule has 1 saturated carbocycles. The summed E-state index contributed by atoms with van der Waals surface area (Å²) in [6.45, 7) is 0. The van der Waals surface area contributed by atoms with Gasteiger partial charge in [-0.25, -0.2) is 0 Å². The van der Waals surface area contributed by atoms with Crippen LogP contribution in [0.2, 0.25) is 0 Å². The minimum Gasteiger partial charge on any atom is -0.481 e. The molecule has 1 unspecified atom stereocenters. The lowest BCUT2D eigenvalue weighted by Crippen LogP contribution is -2.34. The third-order valence-corrected chi connectivity index (χ3v) is 5.72. The van der Waals surface area contributed by atoms with Crippen molar-refractivity contribution in [3.05, 3.63) is 48.0 Å². The Hall–Kier alpha value is -2.14. The van der Waals surface area contributed by atoms with Crippen LogP contribution in [0.4, 0.5) is 0 Å². The van der Waals surface area contributed by atoms with Crippen molar-refractivity contribution in [3.63, 3.8) is 0 Å². The van der Waals surface area contributed by atoms with Crippen molar-refractivity contribution in [1.82, 2.24) is 0 Å². The van der Waals surface area contributed by atoms with E-state index in [-0.39, 0.29) is 11.7 Å². The second-order valence-electron chi connectivity index (χ2n) is 7.02. The normalized spacial score (nSPS) is 18.2. The first kappa shape index (κ1) is 17.3. The quantitative estimate of drug-likeness (QED) is 0.708. The van der Waals surface area contributed by atoms with Gasteiger partial charge in [0, 0.05) is 30.1 Å². The molecule has 1 spiro atoms. The molecule has 4 rings (SSSR count). The minimum atomic E-state index is -0.793. The van der Waals surface area contributed by atoms with Crippen LogP contribution in [0.15, 0.2) is 42.5 Å². The molecule has 1 atom stereocenters. The molecule has 26 heavy (non-hydrogen) atoms. The van der Waals surface area contributed by atoms with Crippen LogP contribution in [0.5, 0.6) is 11.5 Å². The number of carboxylic acid groups (broad SMARTS) is 1. The number of fused-ring (bicyclic) bond motifs is 1. The van der Waals surface area contributed by atoms with Gasteiger partial charge in [-0.05, 0) is 36.5 Å². The Bertz CT molecular complexity index is 809. The molecular formula is C21H22O4S. The van der Waals surface area contributed by atoms with Crippen molar-refractivity contribution in [1.29, 1.82) is 0 Å². The van der Waals surface area contributed by atoms with E-state index in [0.717, 1.165) is 53.9 Å². The van der Waals surface area contributed by atoms with Gasteiger partial charge in [0.05, 0.1) is 0 Å². The predicted octanol–water partition coefficient (Wildman–Crippen LogP) is 5.23. The van der Waals surface area contributed by atoms with Gasteiger partial charge in [-0.15, -0.1) is 0 Å². The third kappa shape index (κ3) is 3.28. The van der Waals surface area contributed by atoms with E-state index in [9.17, 15) is 4.79 Å². The predicted molar refractivity (Wildman–Crippen MR) is 103 cm³/mol. The maximum absolute atomic E-state index is 10.7. The van der Waals surface area contributed by atoms with Crippen LogP contribution >= 0.6 is 12.6 Å². The zero-order valence-corrected chi connectivity index (χ0v) is 15.4. The van der Waals surface area contributed by atoms with Gasteiger partial charge >= 0.3 is 5.97 Å². The molecule has 0 amide bonds. The summed E-state index contributed by atoms with van der Waals surface area (Å²) < 4.78 is 12.4. The molecule has 0 saturated heterocycles. The number of benzene rings is 2. The van der Waals surface area contributed by atoms with Gasteiger partial charge in [0.1, 0.15) is 0 Å². The van der Waals surface area contributed by atoms with Gasteiger partial charge in [-0.1, -0.05) is 36.4 Å². The van der Waals surface area contributed by atoms with Gasteiger partial charge in [0.2, 0.25) is 0 Å². The van der Waals surface area contributed by atoms with Crippen LogP contribution in [-0.4, -0.2) is 16.9 Å². The first-order valence-electron chi connectivity index (χ1n) is 9.08. The van der Waals surface area contributed by atoms with E-state index in [1.807, 2.05) is 42.5 Å². The second-order valence-corrected chi connectivity index (χ2v) is 7.65. The average Bonchev–Trinajstić information content (AvgIpc) is 3.25. The lowest BCUT2D eigenvalue weighted by Gasteiger charge is -2.21. The minimum absolute atomic E-state index is 0.0806. The van der Waals surface area contributed by atoms with Crippen molar-refractivity contribution < 1.29 is 19.4 Å². The summed E-state index contributed by atoms with van der Waals surface area (Å²) in [6, 6.07) is 14.1. The van der Waals surface area contributed by atoms with Gasteiger partial charge in [-0.2, -0.15) is 12.6 Å². The molecule has 5 heteroatoms. The summed E-state index contributed by atoms with van der Waals surface area (Å²) >= 11 is 4.53. The second kappa shape index (κ2) is 6.88. The van der Waals surface area contributed by atoms with E-state index in [2.05, 4.69) is 12.6 Å². The Morgan fingerprint density at radius 2 is 1.85 bits per heavy atom.